The van der Waals surface area contributed by atoms with Crippen molar-refractivity contribution < 1.29 is 9.53 Å². The number of hydrogen-bond acceptors (Lipinski definition) is 4. The number of ether oxygens (including phenoxy) is 1. The molecule has 5 heteroatoms. The second-order valence-electron chi connectivity index (χ2n) is 6.68. The van der Waals surface area contributed by atoms with Crippen LogP contribution in [0, 0.1) is 0 Å². The highest BCUT2D eigenvalue weighted by Crippen LogP contribution is 2.20. The number of hydrogen-bond donors (Lipinski definition) is 3. The van der Waals surface area contributed by atoms with Crippen molar-refractivity contribution in [1.82, 2.24) is 5.32 Å². The van der Waals surface area contributed by atoms with Crippen molar-refractivity contribution in [2.24, 2.45) is 11.5 Å². The highest BCUT2D eigenvalue weighted by Gasteiger charge is 2.11. The Hall–Kier alpha value is -2.89. The zero-order valence-corrected chi connectivity index (χ0v) is 17.0. The van der Waals surface area contributed by atoms with Gasteiger partial charge >= 0.3 is 0 Å². The minimum atomic E-state index is -0.452. The van der Waals surface area contributed by atoms with Crippen molar-refractivity contribution in [2.75, 3.05) is 13.2 Å². The summed E-state index contributed by atoms with van der Waals surface area (Å²) >= 11 is 0. The first-order valence-corrected chi connectivity index (χ1v) is 10.0. The topological polar surface area (TPSA) is 90.4 Å². The molecule has 0 spiro atoms. The maximum absolute atomic E-state index is 11.5. The normalized spacial score (nSPS) is 11.3. The van der Waals surface area contributed by atoms with Crippen LogP contribution in [0.1, 0.15) is 25.3 Å². The maximum Gasteiger partial charge on any atom is 0.237 e. The van der Waals surface area contributed by atoms with Crippen LogP contribution in [0.3, 0.4) is 0 Å². The summed E-state index contributed by atoms with van der Waals surface area (Å²) in [4.78, 5) is 11.5. The van der Waals surface area contributed by atoms with Gasteiger partial charge in [0.15, 0.2) is 0 Å². The Labute approximate surface area is 173 Å². The molecule has 5 N–H and O–H groups in total. The van der Waals surface area contributed by atoms with Crippen LogP contribution >= 0.6 is 0 Å². The van der Waals surface area contributed by atoms with E-state index >= 15 is 0 Å². The van der Waals surface area contributed by atoms with Crippen LogP contribution in [0.2, 0.25) is 0 Å². The molecule has 0 aliphatic carbocycles. The van der Waals surface area contributed by atoms with Crippen molar-refractivity contribution >= 4 is 16.7 Å². The molecule has 0 aromatic heterocycles. The van der Waals surface area contributed by atoms with Gasteiger partial charge in [-0.2, -0.15) is 0 Å². The quantitative estimate of drug-likeness (QED) is 0.545. The van der Waals surface area contributed by atoms with Gasteiger partial charge < -0.3 is 21.5 Å². The monoisotopic (exact) mass is 393 g/mol. The molecule has 0 bridgehead atoms. The highest BCUT2D eigenvalue weighted by atomic mass is 16.5. The molecule has 0 radical (unpaired) electrons. The molecule has 1 unspecified atom stereocenters. The first kappa shape index (κ1) is 22.4. The predicted molar refractivity (Wildman–Crippen MR) is 120 cm³/mol. The van der Waals surface area contributed by atoms with E-state index < -0.39 is 6.04 Å². The lowest BCUT2D eigenvalue weighted by Crippen LogP contribution is -2.40. The second-order valence-corrected chi connectivity index (χ2v) is 6.68. The van der Waals surface area contributed by atoms with Crippen molar-refractivity contribution in [3.63, 3.8) is 0 Å². The summed E-state index contributed by atoms with van der Waals surface area (Å²) in [7, 11) is 0. The lowest BCUT2D eigenvalue weighted by molar-refractivity contribution is -0.122. The fourth-order valence-corrected chi connectivity index (χ4v) is 2.81. The van der Waals surface area contributed by atoms with E-state index in [1.165, 1.54) is 10.8 Å². The Kier molecular flexibility index (Phi) is 9.69. The molecular formula is C24H31N3O2. The van der Waals surface area contributed by atoms with Crippen LogP contribution in [0.4, 0.5) is 0 Å². The summed E-state index contributed by atoms with van der Waals surface area (Å²) in [5.41, 5.74) is 12.1. The van der Waals surface area contributed by atoms with Gasteiger partial charge in [0, 0.05) is 6.54 Å². The van der Waals surface area contributed by atoms with Gasteiger partial charge in [0.2, 0.25) is 5.91 Å². The molecule has 3 aromatic carbocycles. The van der Waals surface area contributed by atoms with Crippen LogP contribution in [-0.2, 0) is 11.3 Å². The first-order valence-electron chi connectivity index (χ1n) is 10.0. The predicted octanol–water partition coefficient (Wildman–Crippen LogP) is 3.61. The van der Waals surface area contributed by atoms with E-state index in [2.05, 4.69) is 29.6 Å². The zero-order valence-electron chi connectivity index (χ0n) is 17.0. The fraction of sp³-hybridized carbons (Fsp3) is 0.292. The number of nitrogens with one attached hydrogen (secondary N) is 1. The van der Waals surface area contributed by atoms with E-state index in [9.17, 15) is 4.79 Å². The largest absolute Gasteiger partial charge is 0.494 e. The molecule has 0 aliphatic rings. The summed E-state index contributed by atoms with van der Waals surface area (Å²) < 4.78 is 5.41. The third kappa shape index (κ3) is 7.94. The molecule has 1 atom stereocenters. The Morgan fingerprint density at radius 1 is 1.00 bits per heavy atom. The van der Waals surface area contributed by atoms with E-state index in [-0.39, 0.29) is 5.91 Å². The van der Waals surface area contributed by atoms with Gasteiger partial charge in [-0.15, -0.1) is 0 Å². The van der Waals surface area contributed by atoms with E-state index in [1.54, 1.807) is 0 Å². The third-order valence-corrected chi connectivity index (χ3v) is 4.40. The van der Waals surface area contributed by atoms with Crippen molar-refractivity contribution in [3.8, 4) is 5.75 Å². The Balaban J connectivity index is 0.000000211. The average molecular weight is 394 g/mol. The molecule has 1 amide bonds. The molecule has 3 rings (SSSR count). The molecule has 29 heavy (non-hydrogen) atoms. The van der Waals surface area contributed by atoms with Crippen molar-refractivity contribution in [3.05, 3.63) is 78.4 Å². The fourth-order valence-electron chi connectivity index (χ4n) is 2.81. The molecule has 3 aromatic rings. The highest BCUT2D eigenvalue weighted by molar-refractivity contribution is 5.83. The van der Waals surface area contributed by atoms with Crippen molar-refractivity contribution in [2.45, 2.75) is 32.4 Å². The standard InChI is InChI=1S/C12H19N3O.C12H12O/c13-8-4-7-11(14)12(16)15-9-10-5-2-1-3-6-10;1-2-13-12-8-7-10-5-3-4-6-11(10)9-12/h1-3,5-6,11H,4,7-9,13-14H2,(H,15,16);3-9H,2H2,1H3. The van der Waals surface area contributed by atoms with Gasteiger partial charge in [-0.05, 0) is 54.8 Å². The van der Waals surface area contributed by atoms with Crippen LogP contribution in [-0.4, -0.2) is 25.1 Å². The summed E-state index contributed by atoms with van der Waals surface area (Å²) in [5, 5.41) is 5.29. The number of carbonyl (C=O) groups excluding carboxylic acids is 1. The van der Waals surface area contributed by atoms with Crippen LogP contribution < -0.4 is 21.5 Å². The Morgan fingerprint density at radius 3 is 2.38 bits per heavy atom. The summed E-state index contributed by atoms with van der Waals surface area (Å²) in [5.74, 6) is 0.832. The Bertz CT molecular complexity index is 868. The summed E-state index contributed by atoms with van der Waals surface area (Å²) in [6, 6.07) is 23.7. The third-order valence-electron chi connectivity index (χ3n) is 4.40. The smallest absolute Gasteiger partial charge is 0.237 e. The molecule has 0 heterocycles. The van der Waals surface area contributed by atoms with E-state index in [4.69, 9.17) is 16.2 Å². The lowest BCUT2D eigenvalue weighted by Gasteiger charge is -2.11. The number of amides is 1. The molecular weight excluding hydrogens is 362 g/mol. The van der Waals surface area contributed by atoms with Crippen LogP contribution in [0.15, 0.2) is 72.8 Å². The minimum Gasteiger partial charge on any atom is -0.494 e. The Morgan fingerprint density at radius 2 is 1.69 bits per heavy atom. The van der Waals surface area contributed by atoms with Gasteiger partial charge in [-0.1, -0.05) is 60.7 Å². The molecule has 154 valence electrons. The molecule has 0 saturated heterocycles. The molecule has 0 fully saturated rings. The van der Waals surface area contributed by atoms with Gasteiger partial charge in [-0.3, -0.25) is 4.79 Å². The summed E-state index contributed by atoms with van der Waals surface area (Å²) in [6.45, 7) is 3.81. The van der Waals surface area contributed by atoms with Crippen LogP contribution in [0.25, 0.3) is 10.8 Å². The van der Waals surface area contributed by atoms with E-state index in [1.807, 2.05) is 55.5 Å². The van der Waals surface area contributed by atoms with Crippen molar-refractivity contribution in [1.29, 1.82) is 0 Å². The van der Waals surface area contributed by atoms with E-state index in [0.717, 1.165) is 24.3 Å². The first-order chi connectivity index (χ1) is 14.1. The zero-order chi connectivity index (χ0) is 20.9. The molecule has 5 nitrogen and oxygen atoms in total. The van der Waals surface area contributed by atoms with Gasteiger partial charge in [0.25, 0.3) is 0 Å². The molecule has 0 aliphatic heterocycles. The van der Waals surface area contributed by atoms with Gasteiger partial charge in [-0.25, -0.2) is 0 Å². The van der Waals surface area contributed by atoms with Gasteiger partial charge in [0.1, 0.15) is 5.75 Å². The number of fused-ring (bicyclic) bond motifs is 1. The van der Waals surface area contributed by atoms with Crippen LogP contribution in [0.5, 0.6) is 5.75 Å². The number of benzene rings is 3. The number of rotatable bonds is 8. The number of carbonyl (C=O) groups is 1. The lowest BCUT2D eigenvalue weighted by atomic mass is 10.1. The average Bonchev–Trinajstić information content (AvgIpc) is 2.77. The molecule has 0 saturated carbocycles. The van der Waals surface area contributed by atoms with E-state index in [0.29, 0.717) is 19.5 Å². The SMILES string of the molecule is CCOc1ccc2ccccc2c1.NCCCC(N)C(=O)NCc1ccccc1. The minimum absolute atomic E-state index is 0.114. The summed E-state index contributed by atoms with van der Waals surface area (Å²) in [6.07, 6.45) is 1.41. The number of nitrogens with two attached hydrogens (primary N) is 2. The van der Waals surface area contributed by atoms with Gasteiger partial charge in [0.05, 0.1) is 12.6 Å². The second kappa shape index (κ2) is 12.5. The maximum atomic E-state index is 11.5.